The molecule has 3 rings (SSSR count). The molecule has 2 fully saturated rings. The zero-order chi connectivity index (χ0) is 14.7. The van der Waals surface area contributed by atoms with E-state index in [-0.39, 0.29) is 5.16 Å². The van der Waals surface area contributed by atoms with Crippen LogP contribution in [0.4, 0.5) is 0 Å². The van der Waals surface area contributed by atoms with Crippen molar-refractivity contribution in [3.8, 4) is 0 Å². The van der Waals surface area contributed by atoms with E-state index in [1.807, 2.05) is 20.8 Å². The molecule has 7 heteroatoms. The third kappa shape index (κ3) is 2.16. The minimum atomic E-state index is -3.85. The number of hydrogen-bond donors (Lipinski definition) is 1. The van der Waals surface area contributed by atoms with Gasteiger partial charge in [0, 0.05) is 11.5 Å². The Morgan fingerprint density at radius 3 is 2.35 bits per heavy atom. The molecule has 0 aliphatic heterocycles. The first-order valence-electron chi connectivity index (χ1n) is 7.16. The van der Waals surface area contributed by atoms with Gasteiger partial charge >= 0.3 is 0 Å². The van der Waals surface area contributed by atoms with Gasteiger partial charge in [0.15, 0.2) is 0 Å². The lowest BCUT2D eigenvalue weighted by molar-refractivity contribution is 0.316. The smallest absolute Gasteiger partial charge is 0.273 e. The average molecular weight is 298 g/mol. The van der Waals surface area contributed by atoms with Crippen LogP contribution in [0.5, 0.6) is 0 Å². The van der Waals surface area contributed by atoms with Crippen LogP contribution >= 0.6 is 0 Å². The lowest BCUT2D eigenvalue weighted by atomic mass is 9.87. The van der Waals surface area contributed by atoms with Gasteiger partial charge in [-0.25, -0.2) is 13.6 Å². The van der Waals surface area contributed by atoms with E-state index in [1.165, 1.54) is 19.3 Å². The summed E-state index contributed by atoms with van der Waals surface area (Å²) in [6.07, 6.45) is 4.86. The molecule has 0 aromatic carbocycles. The molecule has 2 aliphatic rings. The van der Waals surface area contributed by atoms with Gasteiger partial charge in [0.05, 0.1) is 0 Å². The molecule has 0 amide bonds. The molecule has 0 radical (unpaired) electrons. The summed E-state index contributed by atoms with van der Waals surface area (Å²) in [7, 11) is -3.85. The van der Waals surface area contributed by atoms with Crippen molar-refractivity contribution in [3.63, 3.8) is 0 Å². The van der Waals surface area contributed by atoms with E-state index in [1.54, 1.807) is 4.57 Å². The summed E-state index contributed by atoms with van der Waals surface area (Å²) in [5.41, 5.74) is -0.400. The molecule has 2 bridgehead atoms. The highest BCUT2D eigenvalue weighted by Crippen LogP contribution is 2.52. The van der Waals surface area contributed by atoms with Crippen molar-refractivity contribution in [1.82, 2.24) is 14.8 Å². The van der Waals surface area contributed by atoms with Crippen molar-refractivity contribution in [3.05, 3.63) is 5.82 Å². The van der Waals surface area contributed by atoms with Crippen LogP contribution in [-0.2, 0) is 15.6 Å². The van der Waals surface area contributed by atoms with Crippen molar-refractivity contribution in [2.75, 3.05) is 0 Å². The monoisotopic (exact) mass is 298 g/mol. The van der Waals surface area contributed by atoms with Gasteiger partial charge in [0.2, 0.25) is 0 Å². The maximum absolute atomic E-state index is 11.7. The molecule has 1 aromatic rings. The average Bonchev–Trinajstić information content (AvgIpc) is 3.00. The van der Waals surface area contributed by atoms with E-state index in [2.05, 4.69) is 10.2 Å². The van der Waals surface area contributed by atoms with Crippen molar-refractivity contribution < 1.29 is 8.42 Å². The standard InChI is InChI=1S/C13H22N4O2S/c1-13(2,3)17-11(15-16-12(17)20(14,18)19)10-7-8-4-5-9(10)6-8/h8-10H,4-7H2,1-3H3,(H2,14,18,19). The molecule has 0 spiro atoms. The van der Waals surface area contributed by atoms with E-state index in [9.17, 15) is 8.42 Å². The van der Waals surface area contributed by atoms with Gasteiger partial charge < -0.3 is 0 Å². The molecule has 1 heterocycles. The fourth-order valence-corrected chi connectivity index (χ4v) is 4.67. The number of aromatic nitrogens is 3. The molecular weight excluding hydrogens is 276 g/mol. The van der Waals surface area contributed by atoms with Gasteiger partial charge in [0.25, 0.3) is 15.2 Å². The van der Waals surface area contributed by atoms with Crippen LogP contribution in [0, 0.1) is 11.8 Å². The molecular formula is C13H22N4O2S. The van der Waals surface area contributed by atoms with Crippen LogP contribution < -0.4 is 5.14 Å². The van der Waals surface area contributed by atoms with Crippen molar-refractivity contribution >= 4 is 10.0 Å². The van der Waals surface area contributed by atoms with Crippen LogP contribution in [0.25, 0.3) is 0 Å². The van der Waals surface area contributed by atoms with Crippen LogP contribution in [0.1, 0.15) is 58.2 Å². The highest BCUT2D eigenvalue weighted by molar-refractivity contribution is 7.89. The topological polar surface area (TPSA) is 90.9 Å². The van der Waals surface area contributed by atoms with Gasteiger partial charge in [0.1, 0.15) is 5.82 Å². The zero-order valence-corrected chi connectivity index (χ0v) is 13.0. The Bertz CT molecular complexity index is 629. The molecule has 3 atom stereocenters. The van der Waals surface area contributed by atoms with Gasteiger partial charge in [-0.15, -0.1) is 10.2 Å². The van der Waals surface area contributed by atoms with E-state index < -0.39 is 15.6 Å². The first kappa shape index (κ1) is 14.0. The Kier molecular flexibility index (Phi) is 2.99. The molecule has 2 aliphatic carbocycles. The lowest BCUT2D eigenvalue weighted by Gasteiger charge is -2.28. The minimum absolute atomic E-state index is 0.109. The number of hydrogen-bond acceptors (Lipinski definition) is 4. The second-order valence-corrected chi connectivity index (χ2v) is 8.63. The third-order valence-corrected chi connectivity index (χ3v) is 5.43. The van der Waals surface area contributed by atoms with Crippen molar-refractivity contribution in [2.24, 2.45) is 17.0 Å². The second-order valence-electron chi connectivity index (χ2n) is 7.17. The summed E-state index contributed by atoms with van der Waals surface area (Å²) >= 11 is 0. The Labute approximate surface area is 119 Å². The second kappa shape index (κ2) is 4.27. The first-order valence-corrected chi connectivity index (χ1v) is 8.71. The van der Waals surface area contributed by atoms with E-state index in [4.69, 9.17) is 5.14 Å². The Morgan fingerprint density at radius 1 is 1.20 bits per heavy atom. The number of nitrogens with two attached hydrogens (primary N) is 1. The Balaban J connectivity index is 2.10. The molecule has 2 saturated carbocycles. The molecule has 20 heavy (non-hydrogen) atoms. The van der Waals surface area contributed by atoms with Crippen LogP contribution in [0.2, 0.25) is 0 Å². The van der Waals surface area contributed by atoms with E-state index in [0.717, 1.165) is 18.2 Å². The highest BCUT2D eigenvalue weighted by Gasteiger charge is 2.44. The number of fused-ring (bicyclic) bond motifs is 2. The summed E-state index contributed by atoms with van der Waals surface area (Å²) in [5.74, 6) is 2.52. The van der Waals surface area contributed by atoms with Gasteiger partial charge in [-0.1, -0.05) is 6.42 Å². The van der Waals surface area contributed by atoms with Crippen molar-refractivity contribution in [2.45, 2.75) is 63.1 Å². The van der Waals surface area contributed by atoms with E-state index >= 15 is 0 Å². The molecule has 0 saturated heterocycles. The number of nitrogens with zero attached hydrogens (tertiary/aromatic N) is 3. The summed E-state index contributed by atoms with van der Waals surface area (Å²) in [4.78, 5) is 0. The summed E-state index contributed by atoms with van der Waals surface area (Å²) < 4.78 is 25.2. The SMILES string of the molecule is CC(C)(C)n1c(C2CC3CCC2C3)nnc1S(N)(=O)=O. The molecule has 2 N–H and O–H groups in total. The lowest BCUT2D eigenvalue weighted by Crippen LogP contribution is -2.31. The predicted molar refractivity (Wildman–Crippen MR) is 74.6 cm³/mol. The maximum atomic E-state index is 11.7. The van der Waals surface area contributed by atoms with E-state index in [0.29, 0.717) is 11.8 Å². The van der Waals surface area contributed by atoms with Crippen LogP contribution in [0.15, 0.2) is 5.16 Å². The fraction of sp³-hybridized carbons (Fsp3) is 0.846. The number of sulfonamides is 1. The zero-order valence-electron chi connectivity index (χ0n) is 12.2. The third-order valence-electron chi connectivity index (χ3n) is 4.65. The largest absolute Gasteiger partial charge is 0.295 e. The quantitative estimate of drug-likeness (QED) is 0.897. The number of primary sulfonamides is 1. The fourth-order valence-electron chi connectivity index (χ4n) is 3.90. The van der Waals surface area contributed by atoms with Gasteiger partial charge in [-0.05, 0) is 51.9 Å². The number of rotatable bonds is 2. The molecule has 112 valence electrons. The van der Waals surface area contributed by atoms with Crippen molar-refractivity contribution in [1.29, 1.82) is 0 Å². The van der Waals surface area contributed by atoms with Crippen LogP contribution in [0.3, 0.4) is 0 Å². The Hall–Kier alpha value is -0.950. The first-order chi connectivity index (χ1) is 9.18. The normalized spacial score (nSPS) is 30.1. The van der Waals surface area contributed by atoms with Gasteiger partial charge in [-0.3, -0.25) is 4.57 Å². The predicted octanol–water partition coefficient (Wildman–Crippen LogP) is 1.58. The highest BCUT2D eigenvalue weighted by atomic mass is 32.2. The minimum Gasteiger partial charge on any atom is -0.295 e. The maximum Gasteiger partial charge on any atom is 0.273 e. The summed E-state index contributed by atoms with van der Waals surface area (Å²) in [5, 5.41) is 13.3. The molecule has 3 unspecified atom stereocenters. The summed E-state index contributed by atoms with van der Waals surface area (Å²) in [6, 6.07) is 0. The van der Waals surface area contributed by atoms with Gasteiger partial charge in [-0.2, -0.15) is 0 Å². The Morgan fingerprint density at radius 2 is 1.90 bits per heavy atom. The summed E-state index contributed by atoms with van der Waals surface area (Å²) in [6.45, 7) is 5.88. The molecule has 1 aromatic heterocycles. The molecule has 6 nitrogen and oxygen atoms in total. The van der Waals surface area contributed by atoms with Crippen LogP contribution in [-0.4, -0.2) is 23.2 Å².